The molecular formula is C13H16N8O2S. The van der Waals surface area contributed by atoms with Crippen molar-refractivity contribution in [3.8, 4) is 11.1 Å². The minimum Gasteiger partial charge on any atom is -0.363 e. The Balaban J connectivity index is 2.72. The summed E-state index contributed by atoms with van der Waals surface area (Å²) in [6.45, 7) is 0. The van der Waals surface area contributed by atoms with E-state index in [1.165, 1.54) is 12.3 Å². The third-order valence-corrected chi connectivity index (χ3v) is 3.95. The van der Waals surface area contributed by atoms with Crippen molar-refractivity contribution in [2.45, 2.75) is 5.03 Å². The number of sulfonamides is 1. The molecule has 0 atom stereocenters. The van der Waals surface area contributed by atoms with E-state index in [1.807, 2.05) is 19.0 Å². The molecule has 0 radical (unpaired) electrons. The number of nitrogens with two attached hydrogens (primary N) is 2. The first-order chi connectivity index (χ1) is 11.3. The largest absolute Gasteiger partial charge is 0.363 e. The minimum absolute atomic E-state index is 0.0893. The van der Waals surface area contributed by atoms with E-state index in [0.29, 0.717) is 11.1 Å². The molecule has 0 spiro atoms. The van der Waals surface area contributed by atoms with Gasteiger partial charge in [0.2, 0.25) is 0 Å². The van der Waals surface area contributed by atoms with Gasteiger partial charge in [-0.25, -0.2) is 23.5 Å². The molecule has 11 heteroatoms. The highest BCUT2D eigenvalue weighted by atomic mass is 32.2. The highest BCUT2D eigenvalue weighted by molar-refractivity contribution is 7.89. The highest BCUT2D eigenvalue weighted by Gasteiger charge is 2.23. The second kappa shape index (κ2) is 6.68. The van der Waals surface area contributed by atoms with E-state index >= 15 is 0 Å². The van der Waals surface area contributed by atoms with E-state index in [1.54, 1.807) is 18.3 Å². The summed E-state index contributed by atoms with van der Waals surface area (Å²) in [7, 11) is -0.485. The molecule has 126 valence electrons. The molecule has 0 saturated carbocycles. The molecule has 0 unspecified atom stereocenters. The SMILES string of the molecule is CN(C)c1ccc(-c2ccnc(S(N)(=O)=O)c2C(=N)N=NN)cn1. The third kappa shape index (κ3) is 3.52. The monoisotopic (exact) mass is 348 g/mol. The maximum Gasteiger partial charge on any atom is 0.256 e. The van der Waals surface area contributed by atoms with Crippen molar-refractivity contribution in [2.75, 3.05) is 19.0 Å². The van der Waals surface area contributed by atoms with Gasteiger partial charge in [-0.3, -0.25) is 5.41 Å². The first-order valence-electron chi connectivity index (χ1n) is 6.61. The van der Waals surface area contributed by atoms with Crippen molar-refractivity contribution in [3.05, 3.63) is 36.2 Å². The second-order valence-electron chi connectivity index (χ2n) is 4.95. The molecule has 0 aliphatic rings. The molecule has 5 N–H and O–H groups in total. The van der Waals surface area contributed by atoms with Crippen LogP contribution in [0.15, 0.2) is 46.0 Å². The number of rotatable bonds is 4. The smallest absolute Gasteiger partial charge is 0.256 e. The van der Waals surface area contributed by atoms with E-state index in [-0.39, 0.29) is 5.56 Å². The zero-order valence-electron chi connectivity index (χ0n) is 13.0. The molecule has 0 aromatic carbocycles. The number of amidine groups is 1. The first kappa shape index (κ1) is 17.4. The van der Waals surface area contributed by atoms with Crippen molar-refractivity contribution in [1.82, 2.24) is 9.97 Å². The zero-order chi connectivity index (χ0) is 17.9. The summed E-state index contributed by atoms with van der Waals surface area (Å²) in [5, 5.41) is 19.1. The summed E-state index contributed by atoms with van der Waals surface area (Å²) in [6.07, 6.45) is 2.83. The molecule has 2 rings (SSSR count). The number of hydrogen-bond donors (Lipinski definition) is 3. The number of anilines is 1. The number of hydrogen-bond acceptors (Lipinski definition) is 7. The molecule has 2 aromatic rings. The van der Waals surface area contributed by atoms with Crippen LogP contribution in [0.2, 0.25) is 0 Å². The lowest BCUT2D eigenvalue weighted by Gasteiger charge is -2.13. The van der Waals surface area contributed by atoms with E-state index < -0.39 is 20.9 Å². The molecular weight excluding hydrogens is 332 g/mol. The minimum atomic E-state index is -4.17. The van der Waals surface area contributed by atoms with E-state index in [4.69, 9.17) is 16.4 Å². The fourth-order valence-corrected chi connectivity index (χ4v) is 2.74. The van der Waals surface area contributed by atoms with Crippen LogP contribution in [-0.4, -0.2) is 38.3 Å². The maximum absolute atomic E-state index is 11.8. The van der Waals surface area contributed by atoms with Gasteiger partial charge in [0.15, 0.2) is 10.9 Å². The van der Waals surface area contributed by atoms with Crippen LogP contribution in [0.4, 0.5) is 5.82 Å². The maximum atomic E-state index is 11.8. The van der Waals surface area contributed by atoms with Gasteiger partial charge in [0.1, 0.15) is 5.82 Å². The summed E-state index contributed by atoms with van der Waals surface area (Å²) < 4.78 is 23.6. The van der Waals surface area contributed by atoms with E-state index in [2.05, 4.69) is 20.3 Å². The number of aromatic nitrogens is 2. The molecule has 10 nitrogen and oxygen atoms in total. The Kier molecular flexibility index (Phi) is 4.85. The van der Waals surface area contributed by atoms with Gasteiger partial charge in [-0.2, -0.15) is 0 Å². The molecule has 0 aliphatic carbocycles. The standard InChI is InChI=1S/C13H16N8O2S/c1-21(2)10-4-3-8(7-18-10)9-5-6-17-13(24(16,22)23)11(9)12(14)19-20-15/h3-7H,1-2H3,(H3,14,15,19)(H2,16,22,23). The molecule has 0 saturated heterocycles. The van der Waals surface area contributed by atoms with E-state index in [9.17, 15) is 8.42 Å². The normalized spacial score (nSPS) is 11.6. The Hall–Kier alpha value is -2.92. The van der Waals surface area contributed by atoms with Gasteiger partial charge in [0.25, 0.3) is 10.0 Å². The van der Waals surface area contributed by atoms with Gasteiger partial charge in [0, 0.05) is 32.1 Å². The molecule has 0 bridgehead atoms. The average molecular weight is 348 g/mol. The van der Waals surface area contributed by atoms with Crippen LogP contribution in [0.25, 0.3) is 11.1 Å². The van der Waals surface area contributed by atoms with Gasteiger partial charge in [-0.1, -0.05) is 5.22 Å². The van der Waals surface area contributed by atoms with Crippen LogP contribution in [0.5, 0.6) is 0 Å². The highest BCUT2D eigenvalue weighted by Crippen LogP contribution is 2.28. The Bertz CT molecular complexity index is 891. The average Bonchev–Trinajstić information content (AvgIpc) is 2.53. The Morgan fingerprint density at radius 1 is 1.25 bits per heavy atom. The Morgan fingerprint density at radius 2 is 1.96 bits per heavy atom. The topological polar surface area (TPSA) is 164 Å². The van der Waals surface area contributed by atoms with Crippen LogP contribution >= 0.6 is 0 Å². The van der Waals surface area contributed by atoms with Gasteiger partial charge < -0.3 is 10.7 Å². The number of pyridine rings is 2. The lowest BCUT2D eigenvalue weighted by atomic mass is 10.0. The summed E-state index contributed by atoms with van der Waals surface area (Å²) in [5.74, 6) is 5.22. The lowest BCUT2D eigenvalue weighted by molar-refractivity contribution is 0.594. The van der Waals surface area contributed by atoms with Crippen LogP contribution in [0, 0.1) is 5.41 Å². The summed E-state index contributed by atoms with van der Waals surface area (Å²) in [6, 6.07) is 5.03. The van der Waals surface area contributed by atoms with Gasteiger partial charge in [-0.05, 0) is 23.8 Å². The lowest BCUT2D eigenvalue weighted by Crippen LogP contribution is -2.19. The number of nitrogens with zero attached hydrogens (tertiary/aromatic N) is 5. The Morgan fingerprint density at radius 3 is 2.46 bits per heavy atom. The molecule has 2 heterocycles. The van der Waals surface area contributed by atoms with Gasteiger partial charge in [-0.15, -0.1) is 5.11 Å². The quantitative estimate of drug-likeness (QED) is 0.239. The third-order valence-electron chi connectivity index (χ3n) is 3.10. The fraction of sp³-hybridized carbons (Fsp3) is 0.154. The molecule has 0 amide bonds. The predicted molar refractivity (Wildman–Crippen MR) is 89.0 cm³/mol. The fourth-order valence-electron chi connectivity index (χ4n) is 2.05. The predicted octanol–water partition coefficient (Wildman–Crippen LogP) is 0.508. The van der Waals surface area contributed by atoms with Crippen molar-refractivity contribution >= 4 is 21.7 Å². The van der Waals surface area contributed by atoms with Crippen molar-refractivity contribution < 1.29 is 8.42 Å². The summed E-state index contributed by atoms with van der Waals surface area (Å²) >= 11 is 0. The van der Waals surface area contributed by atoms with Crippen LogP contribution in [-0.2, 0) is 10.0 Å². The van der Waals surface area contributed by atoms with Crippen molar-refractivity contribution in [2.24, 2.45) is 21.3 Å². The Labute approximate surface area is 138 Å². The second-order valence-corrected chi connectivity index (χ2v) is 6.42. The van der Waals surface area contributed by atoms with E-state index in [0.717, 1.165) is 5.82 Å². The molecule has 0 fully saturated rings. The van der Waals surface area contributed by atoms with Gasteiger partial charge >= 0.3 is 0 Å². The van der Waals surface area contributed by atoms with Crippen LogP contribution in [0.3, 0.4) is 0 Å². The number of primary sulfonamides is 1. The summed E-state index contributed by atoms with van der Waals surface area (Å²) in [5.41, 5.74) is 0.859. The molecule has 0 aliphatic heterocycles. The van der Waals surface area contributed by atoms with Gasteiger partial charge in [0.05, 0.1) is 5.56 Å². The van der Waals surface area contributed by atoms with Crippen molar-refractivity contribution in [3.63, 3.8) is 0 Å². The number of nitrogens with one attached hydrogen (secondary N) is 1. The first-order valence-corrected chi connectivity index (χ1v) is 8.15. The van der Waals surface area contributed by atoms with Crippen LogP contribution < -0.4 is 15.9 Å². The summed E-state index contributed by atoms with van der Waals surface area (Å²) in [4.78, 5) is 9.85. The molecule has 2 aromatic heterocycles. The van der Waals surface area contributed by atoms with Crippen LogP contribution in [0.1, 0.15) is 5.56 Å². The molecule has 24 heavy (non-hydrogen) atoms. The van der Waals surface area contributed by atoms with Crippen molar-refractivity contribution in [1.29, 1.82) is 5.41 Å². The zero-order valence-corrected chi connectivity index (χ0v) is 13.8.